The molecule has 0 saturated carbocycles. The van der Waals surface area contributed by atoms with E-state index in [0.29, 0.717) is 6.42 Å². The molecule has 0 radical (unpaired) electrons. The summed E-state index contributed by atoms with van der Waals surface area (Å²) in [5, 5.41) is 3.18. The van der Waals surface area contributed by atoms with Gasteiger partial charge in [0.2, 0.25) is 0 Å². The smallest absolute Gasteiger partial charge is 0.446 e. The number of nitrogens with one attached hydrogen (secondary N) is 2. The van der Waals surface area contributed by atoms with Crippen molar-refractivity contribution in [3.05, 3.63) is 16.7 Å². The summed E-state index contributed by atoms with van der Waals surface area (Å²) in [5.74, 6) is -16.3. The van der Waals surface area contributed by atoms with Gasteiger partial charge in [-0.2, -0.15) is 30.7 Å². The lowest BCUT2D eigenvalue weighted by Gasteiger charge is -2.27. The summed E-state index contributed by atoms with van der Waals surface area (Å²) in [7, 11) is 0. The maximum atomic E-state index is 13.5. The number of halogens is 8. The molecule has 158 valence electrons. The Balaban J connectivity index is 3.13. The van der Waals surface area contributed by atoms with Gasteiger partial charge in [0.1, 0.15) is 6.10 Å². The third-order valence-corrected chi connectivity index (χ3v) is 3.68. The van der Waals surface area contributed by atoms with Gasteiger partial charge in [-0.25, -0.2) is 9.78 Å². The summed E-state index contributed by atoms with van der Waals surface area (Å²) in [6.07, 6.45) is -6.89. The first-order valence-corrected chi connectivity index (χ1v) is 8.19. The second kappa shape index (κ2) is 8.49. The Morgan fingerprint density at radius 2 is 1.75 bits per heavy atom. The van der Waals surface area contributed by atoms with Crippen LogP contribution < -0.4 is 10.6 Å². The molecular weight excluding hydrogens is 471 g/mol. The summed E-state index contributed by atoms with van der Waals surface area (Å²) < 4.78 is 94.3. The number of pyridine rings is 1. The number of carbonyl (C=O) groups is 2. The number of hydrogen-bond acceptors (Lipinski definition) is 4. The van der Waals surface area contributed by atoms with Gasteiger partial charge in [-0.1, -0.05) is 6.92 Å². The molecule has 1 rings (SSSR count). The Morgan fingerprint density at radius 1 is 1.18 bits per heavy atom. The first-order chi connectivity index (χ1) is 12.6. The molecule has 0 saturated heterocycles. The third-order valence-electron chi connectivity index (χ3n) is 3.24. The molecule has 14 heteroatoms. The van der Waals surface area contributed by atoms with Crippen LogP contribution in [-0.4, -0.2) is 41.1 Å². The molecule has 28 heavy (non-hydrogen) atoms. The van der Waals surface area contributed by atoms with E-state index in [9.17, 15) is 40.3 Å². The molecule has 6 nitrogen and oxygen atoms in total. The fourth-order valence-electron chi connectivity index (χ4n) is 1.55. The fourth-order valence-corrected chi connectivity index (χ4v) is 1.88. The number of carbonyl (C=O) groups excluding carboxylic acids is 2. The van der Waals surface area contributed by atoms with E-state index in [4.69, 9.17) is 4.74 Å². The van der Waals surface area contributed by atoms with Gasteiger partial charge in [-0.3, -0.25) is 10.1 Å². The van der Waals surface area contributed by atoms with Gasteiger partial charge >= 0.3 is 30.0 Å². The summed E-state index contributed by atoms with van der Waals surface area (Å²) in [4.78, 5) is 26.7. The quantitative estimate of drug-likeness (QED) is 0.560. The van der Waals surface area contributed by atoms with E-state index in [2.05, 4.69) is 20.9 Å². The lowest BCUT2D eigenvalue weighted by molar-refractivity contribution is -0.343. The van der Waals surface area contributed by atoms with Crippen LogP contribution in [0.3, 0.4) is 0 Å². The number of ether oxygens (including phenoxy) is 1. The van der Waals surface area contributed by atoms with Gasteiger partial charge in [0.05, 0.1) is 5.69 Å². The predicted octanol–water partition coefficient (Wildman–Crippen LogP) is 4.96. The van der Waals surface area contributed by atoms with Crippen LogP contribution in [0.4, 0.5) is 47.0 Å². The van der Waals surface area contributed by atoms with Crippen LogP contribution in [0.15, 0.2) is 16.7 Å². The molecule has 0 bridgehead atoms. The van der Waals surface area contributed by atoms with E-state index in [1.807, 2.05) is 5.32 Å². The van der Waals surface area contributed by atoms with Crippen molar-refractivity contribution in [2.45, 2.75) is 44.4 Å². The minimum absolute atomic E-state index is 0.0366. The van der Waals surface area contributed by atoms with E-state index >= 15 is 0 Å². The minimum atomic E-state index is -6.68. The van der Waals surface area contributed by atoms with E-state index in [1.165, 1.54) is 12.2 Å². The molecule has 1 aromatic rings. The Bertz CT molecular complexity index is 743. The van der Waals surface area contributed by atoms with E-state index < -0.39 is 47.6 Å². The van der Waals surface area contributed by atoms with Crippen molar-refractivity contribution in [2.24, 2.45) is 0 Å². The van der Waals surface area contributed by atoms with E-state index in [0.717, 1.165) is 12.3 Å². The van der Waals surface area contributed by atoms with Crippen LogP contribution in [0.25, 0.3) is 0 Å². The summed E-state index contributed by atoms with van der Waals surface area (Å²) in [6, 6.07) is 0.853. The van der Waals surface area contributed by atoms with Gasteiger partial charge in [-0.05, 0) is 35.3 Å². The van der Waals surface area contributed by atoms with Crippen LogP contribution in [0.2, 0.25) is 0 Å². The maximum Gasteiger partial charge on any atom is 0.460 e. The molecule has 1 aromatic heterocycles. The lowest BCUT2D eigenvalue weighted by atomic mass is 10.1. The molecule has 0 spiro atoms. The molecular formula is C14H13BrF7N3O3. The molecule has 0 fully saturated rings. The maximum absolute atomic E-state index is 13.5. The highest BCUT2D eigenvalue weighted by Crippen LogP contribution is 2.47. The SMILES string of the molecule is CCC(C)OC(=O)Nc1ncc(Br)cc1NC(=O)C(F)(F)C(F)(F)C(F)(F)F. The van der Waals surface area contributed by atoms with Crippen LogP contribution in [0.5, 0.6) is 0 Å². The molecule has 2 N–H and O–H groups in total. The summed E-state index contributed by atoms with van der Waals surface area (Å²) in [6.45, 7) is 3.21. The first-order valence-electron chi connectivity index (χ1n) is 7.40. The molecule has 0 aliphatic heterocycles. The number of hydrogen-bond donors (Lipinski definition) is 2. The number of aromatic nitrogens is 1. The van der Waals surface area contributed by atoms with Gasteiger partial charge < -0.3 is 10.1 Å². The van der Waals surface area contributed by atoms with Crippen molar-refractivity contribution in [3.63, 3.8) is 0 Å². The van der Waals surface area contributed by atoms with Crippen molar-refractivity contribution in [1.82, 2.24) is 4.98 Å². The largest absolute Gasteiger partial charge is 0.460 e. The van der Waals surface area contributed by atoms with Crippen molar-refractivity contribution in [2.75, 3.05) is 10.6 Å². The Labute approximate surface area is 161 Å². The topological polar surface area (TPSA) is 80.3 Å². The highest BCUT2D eigenvalue weighted by atomic mass is 79.9. The lowest BCUT2D eigenvalue weighted by Crippen LogP contribution is -2.57. The van der Waals surface area contributed by atoms with Gasteiger partial charge in [0.15, 0.2) is 5.82 Å². The second-order valence-corrected chi connectivity index (χ2v) is 6.32. The molecule has 1 unspecified atom stereocenters. The summed E-state index contributed by atoms with van der Waals surface area (Å²) >= 11 is 2.85. The molecule has 0 aliphatic carbocycles. The van der Waals surface area contributed by atoms with E-state index in [1.54, 1.807) is 6.92 Å². The monoisotopic (exact) mass is 483 g/mol. The molecule has 2 amide bonds. The number of alkyl halides is 7. The van der Waals surface area contributed by atoms with E-state index in [-0.39, 0.29) is 4.47 Å². The zero-order valence-corrected chi connectivity index (χ0v) is 15.7. The minimum Gasteiger partial charge on any atom is -0.446 e. The number of amides is 2. The Hall–Kier alpha value is -2.12. The highest BCUT2D eigenvalue weighted by Gasteiger charge is 2.76. The molecule has 0 aliphatic rings. The average molecular weight is 484 g/mol. The van der Waals surface area contributed by atoms with Crippen LogP contribution in [-0.2, 0) is 9.53 Å². The van der Waals surface area contributed by atoms with Gasteiger partial charge in [-0.15, -0.1) is 0 Å². The first kappa shape index (κ1) is 23.9. The van der Waals surface area contributed by atoms with Crippen LogP contribution >= 0.6 is 15.9 Å². The highest BCUT2D eigenvalue weighted by molar-refractivity contribution is 9.10. The molecule has 0 aromatic carbocycles. The standard InChI is InChI=1S/C14H13BrF7N3O3/c1-3-6(2)28-11(27)25-9-8(4-7(15)5-23-9)24-10(26)12(16,17)13(18,19)14(20,21)22/h4-6H,3H2,1-2H3,(H,24,26)(H,23,25,27). The number of rotatable bonds is 6. The van der Waals surface area contributed by atoms with Crippen molar-refractivity contribution >= 4 is 39.4 Å². The normalized spacial score (nSPS) is 13.6. The Kier molecular flexibility index (Phi) is 7.25. The number of anilines is 2. The van der Waals surface area contributed by atoms with Crippen molar-refractivity contribution in [1.29, 1.82) is 0 Å². The van der Waals surface area contributed by atoms with Crippen molar-refractivity contribution < 1.29 is 45.1 Å². The zero-order chi connectivity index (χ0) is 21.9. The van der Waals surface area contributed by atoms with Crippen LogP contribution in [0.1, 0.15) is 20.3 Å². The average Bonchev–Trinajstić information content (AvgIpc) is 2.55. The second-order valence-electron chi connectivity index (χ2n) is 5.40. The zero-order valence-electron chi connectivity index (χ0n) is 14.1. The van der Waals surface area contributed by atoms with Crippen LogP contribution in [0, 0.1) is 0 Å². The Morgan fingerprint density at radius 3 is 2.25 bits per heavy atom. The van der Waals surface area contributed by atoms with Gasteiger partial charge in [0.25, 0.3) is 0 Å². The molecule has 1 heterocycles. The molecule has 1 atom stereocenters. The third kappa shape index (κ3) is 5.23. The van der Waals surface area contributed by atoms with Crippen molar-refractivity contribution in [3.8, 4) is 0 Å². The van der Waals surface area contributed by atoms with Gasteiger partial charge in [0, 0.05) is 10.7 Å². The fraction of sp³-hybridized carbons (Fsp3) is 0.500. The predicted molar refractivity (Wildman–Crippen MR) is 86.4 cm³/mol. The summed E-state index contributed by atoms with van der Waals surface area (Å²) in [5.41, 5.74) is -0.766. The number of nitrogens with zero attached hydrogens (tertiary/aromatic N) is 1.